The molecule has 10 nitrogen and oxygen atoms in total. The van der Waals surface area contributed by atoms with Gasteiger partial charge in [0.15, 0.2) is 0 Å². The number of anilines is 1. The van der Waals surface area contributed by atoms with Crippen molar-refractivity contribution in [3.63, 3.8) is 0 Å². The number of nitrogens with zero attached hydrogens (tertiary/aromatic N) is 8. The fourth-order valence-corrected chi connectivity index (χ4v) is 6.62. The van der Waals surface area contributed by atoms with Crippen LogP contribution in [0.3, 0.4) is 0 Å². The molecule has 0 aliphatic carbocycles. The molecule has 0 saturated carbocycles. The molecule has 1 aliphatic rings. The van der Waals surface area contributed by atoms with E-state index in [1.807, 2.05) is 40.4 Å². The van der Waals surface area contributed by atoms with Crippen LogP contribution in [-0.2, 0) is 18.3 Å². The van der Waals surface area contributed by atoms with Crippen LogP contribution in [0.4, 0.5) is 10.2 Å². The second-order valence-corrected chi connectivity index (χ2v) is 11.6. The summed E-state index contributed by atoms with van der Waals surface area (Å²) >= 11 is -0.769. The van der Waals surface area contributed by atoms with Gasteiger partial charge in [-0.2, -0.15) is 0 Å². The first-order valence-electron chi connectivity index (χ1n) is 12.0. The molecule has 1 aliphatic heterocycles. The van der Waals surface area contributed by atoms with Crippen molar-refractivity contribution in [1.82, 2.24) is 34.3 Å². The Balaban J connectivity index is 1.39. The molecule has 1 aromatic carbocycles. The normalized spacial score (nSPS) is 15.5. The van der Waals surface area contributed by atoms with Crippen molar-refractivity contribution in [1.29, 1.82) is 0 Å². The second-order valence-electron chi connectivity index (χ2n) is 9.10. The summed E-state index contributed by atoms with van der Waals surface area (Å²) in [4.78, 5) is 24.1. The van der Waals surface area contributed by atoms with Crippen LogP contribution in [0.1, 0.15) is 23.7 Å². The Morgan fingerprint density at radius 1 is 1.11 bits per heavy atom. The van der Waals surface area contributed by atoms with Gasteiger partial charge in [-0.05, 0) is 6.07 Å². The number of pyridine rings is 1. The minimum Gasteiger partial charge on any atom is -0.207 e. The minimum absolute atomic E-state index is 0.0841. The van der Waals surface area contributed by atoms with Crippen molar-refractivity contribution in [2.75, 3.05) is 19.1 Å². The average molecular weight is 574 g/mol. The van der Waals surface area contributed by atoms with E-state index in [2.05, 4.69) is 20.3 Å². The number of aryl methyl sites for hydroxylation is 1. The third-order valence-electron chi connectivity index (χ3n) is 6.75. The molecule has 5 aromatic rings. The average Bonchev–Trinajstić information content (AvgIpc) is 3.51. The molecule has 0 radical (unpaired) electrons. The number of halogens is 1. The van der Waals surface area contributed by atoms with E-state index in [0.717, 1.165) is 20.4 Å². The van der Waals surface area contributed by atoms with E-state index in [9.17, 15) is 9.18 Å². The molecule has 1 amide bonds. The predicted octanol–water partition coefficient (Wildman–Crippen LogP) is 1.15. The molecule has 0 N–H and O–H groups in total. The fourth-order valence-electron chi connectivity index (χ4n) is 4.69. The second kappa shape index (κ2) is 9.64. The number of ether oxygens (including phenoxy) is 1. The summed E-state index contributed by atoms with van der Waals surface area (Å²) in [5.41, 5.74) is 2.64. The van der Waals surface area contributed by atoms with Gasteiger partial charge < -0.3 is 4.74 Å². The molecule has 0 saturated heterocycles. The number of hydrogen-bond acceptors (Lipinski definition) is 7. The van der Waals surface area contributed by atoms with Crippen molar-refractivity contribution >= 4 is 42.2 Å². The molecule has 0 fully saturated rings. The van der Waals surface area contributed by atoms with E-state index < -0.39 is 15.8 Å². The van der Waals surface area contributed by atoms with Gasteiger partial charge >= 0.3 is 190 Å². The Labute approximate surface area is 224 Å². The van der Waals surface area contributed by atoms with Crippen LogP contribution in [0, 0.1) is 5.82 Å². The van der Waals surface area contributed by atoms with E-state index in [0.29, 0.717) is 35.0 Å². The van der Waals surface area contributed by atoms with Crippen LogP contribution in [0.25, 0.3) is 16.9 Å². The van der Waals surface area contributed by atoms with Crippen molar-refractivity contribution in [2.45, 2.75) is 18.8 Å². The Morgan fingerprint density at radius 3 is 2.74 bits per heavy atom. The molecule has 2 atom stereocenters. The van der Waals surface area contributed by atoms with Crippen LogP contribution in [0.2, 0.25) is 0 Å². The number of carbonyl (C=O) groups is 1. The predicted molar refractivity (Wildman–Crippen MR) is 141 cm³/mol. The Kier molecular flexibility index (Phi) is 6.15. The number of hydrogen-bond donors (Lipinski definition) is 0. The van der Waals surface area contributed by atoms with E-state index in [1.54, 1.807) is 36.5 Å². The molecule has 192 valence electrons. The first-order valence-corrected chi connectivity index (χ1v) is 14.1. The van der Waals surface area contributed by atoms with Gasteiger partial charge in [0, 0.05) is 6.07 Å². The third-order valence-corrected chi connectivity index (χ3v) is 9.29. The van der Waals surface area contributed by atoms with Gasteiger partial charge in [0.2, 0.25) is 0 Å². The Bertz CT molecular complexity index is 1680. The van der Waals surface area contributed by atoms with E-state index >= 15 is 0 Å². The van der Waals surface area contributed by atoms with E-state index in [1.165, 1.54) is 13.2 Å². The summed E-state index contributed by atoms with van der Waals surface area (Å²) in [6, 6.07) is 12.4. The van der Waals surface area contributed by atoms with Crippen LogP contribution in [0.15, 0.2) is 54.9 Å². The third kappa shape index (κ3) is 4.32. The smallest absolute Gasteiger partial charge is 0.207 e. The quantitative estimate of drug-likeness (QED) is 0.281. The van der Waals surface area contributed by atoms with Crippen LogP contribution in [-0.4, -0.2) is 70.2 Å². The molecule has 2 unspecified atom stereocenters. The van der Waals surface area contributed by atoms with Gasteiger partial charge in [-0.15, -0.1) is 0 Å². The van der Waals surface area contributed by atoms with Gasteiger partial charge in [0.1, 0.15) is 5.75 Å². The number of benzene rings is 1. The van der Waals surface area contributed by atoms with Gasteiger partial charge in [0.25, 0.3) is 0 Å². The first kappa shape index (κ1) is 24.2. The first-order chi connectivity index (χ1) is 18.4. The number of methoxy groups -OCH3 is 1. The topological polar surface area (TPSA) is 103 Å². The summed E-state index contributed by atoms with van der Waals surface area (Å²) in [5.74, 6) is 0.911. The van der Waals surface area contributed by atoms with Gasteiger partial charge in [0.05, 0.1) is 7.11 Å². The van der Waals surface area contributed by atoms with Crippen LogP contribution in [0.5, 0.6) is 5.75 Å². The molecular formula is C26H24AsFN8O2. The molecule has 6 rings (SSSR count). The summed E-state index contributed by atoms with van der Waals surface area (Å²) in [5, 5.41) is 13.1. The van der Waals surface area contributed by atoms with Crippen molar-refractivity contribution in [3.05, 3.63) is 72.1 Å². The zero-order valence-electron chi connectivity index (χ0n) is 21.0. The maximum absolute atomic E-state index is 14.8. The van der Waals surface area contributed by atoms with Crippen LogP contribution < -0.4 is 18.7 Å². The SMILES string of the molecule is COc1ccc(CC2CC(=O)N(C)c3cc(-c4ccnc([AsH]c5ccnn5C)n4)cc4nnc2n34)c(F)c1. The molecular weight excluding hydrogens is 550 g/mol. The monoisotopic (exact) mass is 574 g/mol. The van der Waals surface area contributed by atoms with Crippen molar-refractivity contribution < 1.29 is 13.9 Å². The molecule has 5 heterocycles. The number of carbonyl (C=O) groups excluding carboxylic acids is 1. The zero-order chi connectivity index (χ0) is 26.4. The van der Waals surface area contributed by atoms with Crippen molar-refractivity contribution in [3.8, 4) is 17.0 Å². The molecule has 38 heavy (non-hydrogen) atoms. The molecule has 0 spiro atoms. The fraction of sp³-hybridized carbons (Fsp3) is 0.231. The molecule has 0 bridgehead atoms. The maximum atomic E-state index is 14.8. The summed E-state index contributed by atoms with van der Waals surface area (Å²) in [6.45, 7) is 0. The standard InChI is InChI=1S/C26H24AsFN8O2/c1-34-23-12-16(20-6-8-29-26(31-20)27-21-7-9-30-35(21)2)11-22-32-33-25(36(22)23)17(13-24(34)37)10-15-4-5-18(38-3)14-19(15)28/h4-9,11-12,14,17,27H,10,13H2,1-3H3. The summed E-state index contributed by atoms with van der Waals surface area (Å²) in [7, 11) is 5.15. The molecule has 4 aromatic heterocycles. The van der Waals surface area contributed by atoms with Crippen LogP contribution >= 0.6 is 0 Å². The van der Waals surface area contributed by atoms with E-state index in [4.69, 9.17) is 9.72 Å². The number of aromatic nitrogens is 7. The number of amides is 1. The summed E-state index contributed by atoms with van der Waals surface area (Å²) in [6.07, 6.45) is 4.02. The Hall–Kier alpha value is -4.11. The van der Waals surface area contributed by atoms with Crippen molar-refractivity contribution in [2.24, 2.45) is 7.05 Å². The Morgan fingerprint density at radius 2 is 1.97 bits per heavy atom. The minimum atomic E-state index is -0.769. The molecule has 12 heteroatoms. The number of rotatable bonds is 6. The summed E-state index contributed by atoms with van der Waals surface area (Å²) < 4.78 is 25.5. The van der Waals surface area contributed by atoms with E-state index in [-0.39, 0.29) is 24.1 Å². The van der Waals surface area contributed by atoms with Gasteiger partial charge in [-0.3, -0.25) is 0 Å². The van der Waals surface area contributed by atoms with Gasteiger partial charge in [-0.1, -0.05) is 0 Å². The van der Waals surface area contributed by atoms with Gasteiger partial charge in [-0.25, -0.2) is 4.39 Å². The zero-order valence-corrected chi connectivity index (χ0v) is 23.1.